The van der Waals surface area contributed by atoms with Gasteiger partial charge in [-0.25, -0.2) is 4.68 Å². The van der Waals surface area contributed by atoms with Gasteiger partial charge in [0.25, 0.3) is 5.91 Å². The number of aromatic nitrogens is 4. The molecule has 0 atom stereocenters. The Morgan fingerprint density at radius 2 is 1.85 bits per heavy atom. The summed E-state index contributed by atoms with van der Waals surface area (Å²) in [4.78, 5) is 22.9. The van der Waals surface area contributed by atoms with E-state index in [1.165, 1.54) is 5.56 Å². The number of carbonyl (C=O) groups is 1. The molecule has 0 spiro atoms. The van der Waals surface area contributed by atoms with Crippen molar-refractivity contribution in [1.82, 2.24) is 24.6 Å². The molecule has 7 heteroatoms. The summed E-state index contributed by atoms with van der Waals surface area (Å²) in [6.07, 6.45) is 10.6. The fourth-order valence-electron chi connectivity index (χ4n) is 3.46. The van der Waals surface area contributed by atoms with Crippen LogP contribution in [0.4, 0.5) is 5.82 Å². The lowest BCUT2D eigenvalue weighted by atomic mass is 10.0. The smallest absolute Gasteiger partial charge is 0.258 e. The summed E-state index contributed by atoms with van der Waals surface area (Å²) < 4.78 is 1.94. The number of amides is 1. The van der Waals surface area contributed by atoms with Crippen LogP contribution >= 0.6 is 0 Å². The molecule has 4 heterocycles. The summed E-state index contributed by atoms with van der Waals surface area (Å²) in [7, 11) is 0. The van der Waals surface area contributed by atoms with Gasteiger partial charge in [0.05, 0.1) is 17.8 Å². The first-order valence-electron chi connectivity index (χ1n) is 9.16. The van der Waals surface area contributed by atoms with Crippen LogP contribution in [0, 0.1) is 0 Å². The van der Waals surface area contributed by atoms with Crippen LogP contribution in [0.5, 0.6) is 0 Å². The Morgan fingerprint density at radius 3 is 2.59 bits per heavy atom. The maximum absolute atomic E-state index is 12.4. The molecular formula is C20H22N6O. The molecule has 0 radical (unpaired) electrons. The molecule has 7 nitrogen and oxygen atoms in total. The van der Waals surface area contributed by atoms with E-state index in [4.69, 9.17) is 0 Å². The molecule has 4 rings (SSSR count). The molecule has 1 aliphatic rings. The first kappa shape index (κ1) is 17.4. The van der Waals surface area contributed by atoms with E-state index in [9.17, 15) is 4.79 Å². The number of carbonyl (C=O) groups excluding carboxylic acids is 1. The Bertz CT molecular complexity index is 872. The fraction of sp³-hybridized carbons (Fsp3) is 0.300. The summed E-state index contributed by atoms with van der Waals surface area (Å²) in [6.45, 7) is 2.95. The Balaban J connectivity index is 1.37. The van der Waals surface area contributed by atoms with Gasteiger partial charge in [0.2, 0.25) is 0 Å². The van der Waals surface area contributed by atoms with Gasteiger partial charge in [0, 0.05) is 50.5 Å². The van der Waals surface area contributed by atoms with Crippen molar-refractivity contribution in [3.63, 3.8) is 0 Å². The van der Waals surface area contributed by atoms with Gasteiger partial charge < -0.3 is 5.32 Å². The quantitative estimate of drug-likeness (QED) is 0.755. The molecule has 0 unspecified atom stereocenters. The van der Waals surface area contributed by atoms with Crippen molar-refractivity contribution in [3.8, 4) is 0 Å². The number of hydrogen-bond donors (Lipinski definition) is 1. The number of hydrogen-bond acceptors (Lipinski definition) is 5. The minimum absolute atomic E-state index is 0.167. The first-order chi connectivity index (χ1) is 13.3. The zero-order chi connectivity index (χ0) is 18.5. The van der Waals surface area contributed by atoms with Crippen LogP contribution in [0.3, 0.4) is 0 Å². The zero-order valence-electron chi connectivity index (χ0n) is 15.0. The summed E-state index contributed by atoms with van der Waals surface area (Å²) in [5.41, 5.74) is 1.82. The predicted molar refractivity (Wildman–Crippen MR) is 102 cm³/mol. The molecule has 27 heavy (non-hydrogen) atoms. The number of nitrogens with zero attached hydrogens (tertiary/aromatic N) is 5. The minimum atomic E-state index is -0.167. The molecule has 1 saturated heterocycles. The molecule has 0 aromatic carbocycles. The van der Waals surface area contributed by atoms with Gasteiger partial charge in [-0.1, -0.05) is 0 Å². The average molecular weight is 362 g/mol. The largest absolute Gasteiger partial charge is 0.307 e. The Kier molecular flexibility index (Phi) is 5.20. The molecule has 3 aromatic heterocycles. The van der Waals surface area contributed by atoms with Crippen LogP contribution in [-0.2, 0) is 6.54 Å². The standard InChI is InChI=1S/C20H22N6O/c27-20(17-2-1-8-22-14-17)24-19-5-11-23-26(19)18-6-12-25(13-7-18)15-16-3-9-21-10-4-16/h1-5,8-11,14,18H,6-7,12-13,15H2,(H,24,27). The van der Waals surface area contributed by atoms with Crippen molar-refractivity contribution in [2.75, 3.05) is 18.4 Å². The van der Waals surface area contributed by atoms with Gasteiger partial charge in [-0.15, -0.1) is 0 Å². The first-order valence-corrected chi connectivity index (χ1v) is 9.16. The van der Waals surface area contributed by atoms with E-state index in [-0.39, 0.29) is 11.9 Å². The molecule has 1 fully saturated rings. The topological polar surface area (TPSA) is 75.9 Å². The van der Waals surface area contributed by atoms with Crippen molar-refractivity contribution in [1.29, 1.82) is 0 Å². The lowest BCUT2D eigenvalue weighted by Gasteiger charge is -2.32. The SMILES string of the molecule is O=C(Nc1ccnn1C1CCN(Cc2ccncc2)CC1)c1cccnc1. The van der Waals surface area contributed by atoms with Crippen LogP contribution in [0.25, 0.3) is 0 Å². The molecule has 0 saturated carbocycles. The monoisotopic (exact) mass is 362 g/mol. The highest BCUT2D eigenvalue weighted by atomic mass is 16.1. The van der Waals surface area contributed by atoms with Crippen LogP contribution in [0.2, 0.25) is 0 Å². The fourth-order valence-corrected chi connectivity index (χ4v) is 3.46. The number of piperidine rings is 1. The third-order valence-corrected chi connectivity index (χ3v) is 4.89. The highest BCUT2D eigenvalue weighted by Gasteiger charge is 2.23. The second-order valence-corrected chi connectivity index (χ2v) is 6.72. The third-order valence-electron chi connectivity index (χ3n) is 4.89. The minimum Gasteiger partial charge on any atom is -0.307 e. The zero-order valence-corrected chi connectivity index (χ0v) is 15.0. The van der Waals surface area contributed by atoms with E-state index >= 15 is 0 Å². The second-order valence-electron chi connectivity index (χ2n) is 6.72. The van der Waals surface area contributed by atoms with E-state index in [1.54, 1.807) is 30.7 Å². The number of pyridine rings is 2. The van der Waals surface area contributed by atoms with Gasteiger partial charge in [-0.05, 0) is 42.7 Å². The molecular weight excluding hydrogens is 340 g/mol. The highest BCUT2D eigenvalue weighted by molar-refractivity contribution is 6.03. The normalized spacial score (nSPS) is 15.6. The van der Waals surface area contributed by atoms with E-state index in [2.05, 4.69) is 37.4 Å². The number of rotatable bonds is 5. The Labute approximate surface area is 158 Å². The predicted octanol–water partition coefficient (Wildman–Crippen LogP) is 2.76. The molecule has 3 aromatic rings. The maximum atomic E-state index is 12.4. The third kappa shape index (κ3) is 4.20. The number of anilines is 1. The lowest BCUT2D eigenvalue weighted by molar-refractivity contribution is 0.102. The number of likely N-dealkylation sites (tertiary alicyclic amines) is 1. The summed E-state index contributed by atoms with van der Waals surface area (Å²) in [6, 6.07) is 9.76. The Morgan fingerprint density at radius 1 is 1.04 bits per heavy atom. The van der Waals surface area contributed by atoms with E-state index < -0.39 is 0 Å². The molecule has 138 valence electrons. The molecule has 0 aliphatic carbocycles. The second kappa shape index (κ2) is 8.09. The van der Waals surface area contributed by atoms with Crippen molar-refractivity contribution < 1.29 is 4.79 Å². The van der Waals surface area contributed by atoms with Crippen LogP contribution in [-0.4, -0.2) is 43.6 Å². The highest BCUT2D eigenvalue weighted by Crippen LogP contribution is 2.26. The van der Waals surface area contributed by atoms with Crippen LogP contribution < -0.4 is 5.32 Å². The average Bonchev–Trinajstić information content (AvgIpc) is 3.18. The van der Waals surface area contributed by atoms with Gasteiger partial charge in [0.1, 0.15) is 5.82 Å². The van der Waals surface area contributed by atoms with Crippen molar-refractivity contribution in [2.24, 2.45) is 0 Å². The van der Waals surface area contributed by atoms with Gasteiger partial charge in [-0.3, -0.25) is 19.7 Å². The van der Waals surface area contributed by atoms with Crippen LogP contribution in [0.1, 0.15) is 34.8 Å². The summed E-state index contributed by atoms with van der Waals surface area (Å²) in [5.74, 6) is 0.566. The van der Waals surface area contributed by atoms with Gasteiger partial charge >= 0.3 is 0 Å². The van der Waals surface area contributed by atoms with Crippen molar-refractivity contribution in [3.05, 3.63) is 72.4 Å². The molecule has 1 aliphatic heterocycles. The number of nitrogens with one attached hydrogen (secondary N) is 1. The summed E-state index contributed by atoms with van der Waals surface area (Å²) >= 11 is 0. The van der Waals surface area contributed by atoms with Gasteiger partial charge in [0.15, 0.2) is 0 Å². The van der Waals surface area contributed by atoms with Crippen molar-refractivity contribution >= 4 is 11.7 Å². The van der Waals surface area contributed by atoms with Crippen LogP contribution in [0.15, 0.2) is 61.3 Å². The van der Waals surface area contributed by atoms with Gasteiger partial charge in [-0.2, -0.15) is 5.10 Å². The lowest BCUT2D eigenvalue weighted by Crippen LogP contribution is -2.35. The maximum Gasteiger partial charge on any atom is 0.258 e. The van der Waals surface area contributed by atoms with E-state index in [1.807, 2.05) is 23.1 Å². The molecule has 0 bridgehead atoms. The Hall–Kier alpha value is -3.06. The summed E-state index contributed by atoms with van der Waals surface area (Å²) in [5, 5.41) is 7.41. The molecule has 1 N–H and O–H groups in total. The van der Waals surface area contributed by atoms with Crippen molar-refractivity contribution in [2.45, 2.75) is 25.4 Å². The molecule has 1 amide bonds. The van der Waals surface area contributed by atoms with E-state index in [0.717, 1.165) is 38.3 Å². The van der Waals surface area contributed by atoms with E-state index in [0.29, 0.717) is 5.56 Å².